The number of amides is 2. The molecule has 2 aliphatic heterocycles. The molecule has 8 atom stereocenters. The number of rotatable bonds is 5. The molecule has 2 amide bonds. The molecule has 8 N–H and O–H groups in total. The molecule has 0 aromatic heterocycles. The minimum absolute atomic E-state index is 0.0110. The quantitative estimate of drug-likeness (QED) is 0.155. The van der Waals surface area contributed by atoms with Gasteiger partial charge >= 0.3 is 0 Å². The molecule has 5 aliphatic rings. The number of nitrogens with zero attached hydrogens (tertiary/aromatic N) is 3. The summed E-state index contributed by atoms with van der Waals surface area (Å²) in [6.07, 6.45) is -0.696. The number of aromatic hydroxyl groups is 1. The largest absolute Gasteiger partial charge is 0.508 e. The van der Waals surface area contributed by atoms with E-state index in [-0.39, 0.29) is 29.7 Å². The SMILES string of the molecule is CC1c2ccc(NC(=O)CN3CC4CC3CN4C)c(O)c2C(O)=C2C(=O)[C@@]3(O)C(O)=C(C(N)=O)C(=O)[C@H](N(C)C)C3C(O)C21. The van der Waals surface area contributed by atoms with Crippen molar-refractivity contribution in [2.75, 3.05) is 46.1 Å². The second kappa shape index (κ2) is 10.1. The summed E-state index contributed by atoms with van der Waals surface area (Å²) in [6.45, 7) is 3.37. The van der Waals surface area contributed by atoms with Crippen LogP contribution in [0.5, 0.6) is 5.75 Å². The van der Waals surface area contributed by atoms with Gasteiger partial charge in [0.1, 0.15) is 22.8 Å². The van der Waals surface area contributed by atoms with Gasteiger partial charge in [-0.15, -0.1) is 0 Å². The summed E-state index contributed by atoms with van der Waals surface area (Å²) >= 11 is 0. The number of fused-ring (bicyclic) bond motifs is 5. The summed E-state index contributed by atoms with van der Waals surface area (Å²) in [5, 5.41) is 60.0. The Morgan fingerprint density at radius 3 is 2.39 bits per heavy atom. The van der Waals surface area contributed by atoms with Gasteiger partial charge in [-0.2, -0.15) is 0 Å². The van der Waals surface area contributed by atoms with E-state index in [4.69, 9.17) is 5.73 Å². The van der Waals surface area contributed by atoms with Gasteiger partial charge in [-0.3, -0.25) is 29.0 Å². The number of Topliss-reactive ketones (excluding diaryl/α,β-unsaturated/α-hetero) is 2. The number of carbonyl (C=O) groups excluding carboxylic acids is 4. The molecule has 14 nitrogen and oxygen atoms in total. The minimum Gasteiger partial charge on any atom is -0.508 e. The third-order valence-electron chi connectivity index (χ3n) is 10.4. The van der Waals surface area contributed by atoms with Gasteiger partial charge in [0.2, 0.25) is 11.7 Å². The van der Waals surface area contributed by atoms with Gasteiger partial charge in [0.05, 0.1) is 35.9 Å². The first-order valence-electron chi connectivity index (χ1n) is 14.5. The molecule has 2 heterocycles. The summed E-state index contributed by atoms with van der Waals surface area (Å²) in [4.78, 5) is 58.2. The molecule has 236 valence electrons. The van der Waals surface area contributed by atoms with E-state index in [0.717, 1.165) is 19.5 Å². The lowest BCUT2D eigenvalue weighted by Crippen LogP contribution is -2.70. The van der Waals surface area contributed by atoms with Crippen molar-refractivity contribution < 1.29 is 44.7 Å². The number of likely N-dealkylation sites (N-methyl/N-ethyl adjacent to an activating group) is 2. The van der Waals surface area contributed by atoms with E-state index in [0.29, 0.717) is 11.6 Å². The Labute approximate surface area is 253 Å². The van der Waals surface area contributed by atoms with Crippen molar-refractivity contribution in [1.82, 2.24) is 14.7 Å². The second-order valence-electron chi connectivity index (χ2n) is 12.9. The average Bonchev–Trinajstić information content (AvgIpc) is 3.50. The van der Waals surface area contributed by atoms with Crippen molar-refractivity contribution in [2.45, 2.75) is 49.1 Å². The minimum atomic E-state index is -2.99. The number of anilines is 1. The van der Waals surface area contributed by atoms with Crippen LogP contribution in [-0.2, 0) is 19.2 Å². The Hall–Kier alpha value is -3.82. The van der Waals surface area contributed by atoms with Gasteiger partial charge in [0, 0.05) is 36.7 Å². The van der Waals surface area contributed by atoms with Crippen LogP contribution < -0.4 is 11.1 Å². The third kappa shape index (κ3) is 3.98. The molecule has 14 heteroatoms. The molecule has 0 spiro atoms. The first-order chi connectivity index (χ1) is 20.6. The maximum Gasteiger partial charge on any atom is 0.255 e. The zero-order valence-electron chi connectivity index (χ0n) is 24.8. The topological polar surface area (TPSA) is 217 Å². The molecule has 2 saturated heterocycles. The van der Waals surface area contributed by atoms with Crippen molar-refractivity contribution in [3.8, 4) is 5.75 Å². The monoisotopic (exact) mass is 611 g/mol. The number of likely N-dealkylation sites (tertiary alicyclic amines) is 2. The number of ketones is 2. The lowest BCUT2D eigenvalue weighted by Gasteiger charge is -2.53. The van der Waals surface area contributed by atoms with Crippen LogP contribution in [0.1, 0.15) is 30.4 Å². The number of hydrogen-bond donors (Lipinski definition) is 7. The van der Waals surface area contributed by atoms with Gasteiger partial charge in [-0.05, 0) is 45.1 Å². The highest BCUT2D eigenvalue weighted by atomic mass is 16.4. The number of aliphatic hydroxyl groups excluding tert-OH is 3. The third-order valence-corrected chi connectivity index (χ3v) is 10.4. The normalized spacial score (nSPS) is 35.2. The fraction of sp³-hybridized carbons (Fsp3) is 0.533. The molecule has 6 unspecified atom stereocenters. The number of primary amides is 1. The number of nitrogens with two attached hydrogens (primary N) is 1. The molecule has 3 aliphatic carbocycles. The lowest BCUT2D eigenvalue weighted by atomic mass is 9.54. The number of phenols is 1. The van der Waals surface area contributed by atoms with E-state index in [1.807, 2.05) is 0 Å². The highest BCUT2D eigenvalue weighted by molar-refractivity contribution is 6.24. The van der Waals surface area contributed by atoms with E-state index in [1.54, 1.807) is 13.0 Å². The van der Waals surface area contributed by atoms with E-state index in [1.165, 1.54) is 25.1 Å². The van der Waals surface area contributed by atoms with Crippen molar-refractivity contribution in [3.05, 3.63) is 40.2 Å². The standard InChI is InChI=1S/C30H37N5O9/c1-11-14-5-6-15(32-16(36)10-35-9-12-7-13(35)8-34(12)4)23(37)18(14)24(38)19-17(11)25(39)21-22(33(2)3)26(40)20(29(31)43)28(42)30(21,44)27(19)41/h5-6,11-13,17,21-22,25,37-39,42,44H,7-10H2,1-4H3,(H2,31,43)(H,32,36)/t11?,12?,13?,17?,21?,22-,25?,30-/m1/s1. The molecule has 1 aromatic rings. The fourth-order valence-corrected chi connectivity index (χ4v) is 8.23. The maximum atomic E-state index is 14.1. The number of aliphatic hydroxyl groups is 4. The Balaban J connectivity index is 1.40. The van der Waals surface area contributed by atoms with Gasteiger partial charge in [-0.1, -0.05) is 13.0 Å². The number of carbonyl (C=O) groups is 4. The molecule has 44 heavy (non-hydrogen) atoms. The van der Waals surface area contributed by atoms with E-state index in [2.05, 4.69) is 22.2 Å². The van der Waals surface area contributed by atoms with Crippen LogP contribution in [-0.4, -0.2) is 134 Å². The number of phenolic OH excluding ortho intramolecular Hbond substituents is 1. The summed E-state index contributed by atoms with van der Waals surface area (Å²) in [5.74, 6) is -10.1. The lowest BCUT2D eigenvalue weighted by molar-refractivity contribution is -0.169. The van der Waals surface area contributed by atoms with Gasteiger partial charge < -0.3 is 41.5 Å². The summed E-state index contributed by atoms with van der Waals surface area (Å²) in [5.41, 5.74) is 1.05. The van der Waals surface area contributed by atoms with E-state index >= 15 is 0 Å². The zero-order valence-corrected chi connectivity index (χ0v) is 24.8. The van der Waals surface area contributed by atoms with Crippen molar-refractivity contribution in [2.24, 2.45) is 17.6 Å². The van der Waals surface area contributed by atoms with Crippen LogP contribution in [0.2, 0.25) is 0 Å². The molecule has 1 aromatic carbocycles. The Morgan fingerprint density at radius 2 is 1.82 bits per heavy atom. The predicted molar refractivity (Wildman–Crippen MR) is 155 cm³/mol. The van der Waals surface area contributed by atoms with Crippen LogP contribution in [0.25, 0.3) is 5.76 Å². The fourth-order valence-electron chi connectivity index (χ4n) is 8.23. The van der Waals surface area contributed by atoms with Crippen LogP contribution in [0.4, 0.5) is 5.69 Å². The molecule has 2 bridgehead atoms. The first-order valence-corrected chi connectivity index (χ1v) is 14.5. The van der Waals surface area contributed by atoms with Crippen molar-refractivity contribution >= 4 is 34.8 Å². The Bertz CT molecular complexity index is 1570. The number of hydrogen-bond acceptors (Lipinski definition) is 12. The molecule has 6 rings (SSSR count). The highest BCUT2D eigenvalue weighted by Crippen LogP contribution is 2.56. The van der Waals surface area contributed by atoms with Crippen LogP contribution >= 0.6 is 0 Å². The maximum absolute atomic E-state index is 14.1. The van der Waals surface area contributed by atoms with Gasteiger partial charge in [-0.25, -0.2) is 0 Å². The Kier molecular flexibility index (Phi) is 6.94. The number of benzene rings is 1. The Morgan fingerprint density at radius 1 is 1.14 bits per heavy atom. The van der Waals surface area contributed by atoms with E-state index < -0.39 is 81.4 Å². The number of piperazine rings is 1. The summed E-state index contributed by atoms with van der Waals surface area (Å²) in [7, 11) is 4.95. The molecule has 3 fully saturated rings. The zero-order chi connectivity index (χ0) is 32.2. The first kappa shape index (κ1) is 30.2. The molecular formula is C30H37N5O9. The average molecular weight is 612 g/mol. The number of nitrogens with one attached hydrogen (secondary N) is 1. The van der Waals surface area contributed by atoms with Crippen LogP contribution in [0, 0.1) is 11.8 Å². The van der Waals surface area contributed by atoms with Crippen LogP contribution in [0.15, 0.2) is 29.0 Å². The van der Waals surface area contributed by atoms with E-state index in [9.17, 15) is 44.7 Å². The molecule has 0 radical (unpaired) electrons. The van der Waals surface area contributed by atoms with Crippen LogP contribution in [0.3, 0.4) is 0 Å². The summed E-state index contributed by atoms with van der Waals surface area (Å²) in [6, 6.07) is 2.26. The van der Waals surface area contributed by atoms with Gasteiger partial charge in [0.25, 0.3) is 5.91 Å². The molecule has 1 saturated carbocycles. The van der Waals surface area contributed by atoms with Gasteiger partial charge in [0.15, 0.2) is 11.4 Å². The highest BCUT2D eigenvalue weighted by Gasteiger charge is 2.68. The molecular weight excluding hydrogens is 574 g/mol. The summed E-state index contributed by atoms with van der Waals surface area (Å²) < 4.78 is 0. The van der Waals surface area contributed by atoms with Crippen molar-refractivity contribution in [3.63, 3.8) is 0 Å². The van der Waals surface area contributed by atoms with Crippen molar-refractivity contribution in [1.29, 1.82) is 0 Å². The second-order valence-corrected chi connectivity index (χ2v) is 12.9. The predicted octanol–water partition coefficient (Wildman–Crippen LogP) is -1.18. The smallest absolute Gasteiger partial charge is 0.255 e.